The number of aryl methyl sites for hydroxylation is 1. The van der Waals surface area contributed by atoms with Crippen LogP contribution in [0.15, 0.2) is 24.3 Å². The van der Waals surface area contributed by atoms with E-state index >= 15 is 0 Å². The summed E-state index contributed by atoms with van der Waals surface area (Å²) in [4.78, 5) is 0. The number of hydrazine groups is 1. The Labute approximate surface area is 122 Å². The molecule has 1 saturated heterocycles. The molecule has 5 unspecified atom stereocenters. The molecule has 1 aliphatic heterocycles. The van der Waals surface area contributed by atoms with E-state index in [-0.39, 0.29) is 12.1 Å². The van der Waals surface area contributed by atoms with E-state index in [0.717, 1.165) is 6.42 Å². The van der Waals surface area contributed by atoms with Gasteiger partial charge >= 0.3 is 0 Å². The molecule has 0 aliphatic carbocycles. The number of hydrogen-bond donors (Lipinski definition) is 2. The lowest BCUT2D eigenvalue weighted by Crippen LogP contribution is -2.38. The molecule has 0 radical (unpaired) electrons. The zero-order valence-corrected chi connectivity index (χ0v) is 13.1. The highest BCUT2D eigenvalue weighted by Gasteiger charge is 2.41. The molecule has 3 heteroatoms. The van der Waals surface area contributed by atoms with E-state index in [1.54, 1.807) is 0 Å². The molecule has 1 aromatic carbocycles. The van der Waals surface area contributed by atoms with E-state index < -0.39 is 0 Å². The first-order chi connectivity index (χ1) is 9.58. The Bertz CT molecular complexity index is 418. The Hall–Kier alpha value is -0.900. The largest absolute Gasteiger partial charge is 0.375 e. The molecule has 0 bridgehead atoms. The number of benzene rings is 1. The number of ether oxygens (including phenoxy) is 1. The fourth-order valence-corrected chi connectivity index (χ4v) is 3.48. The topological polar surface area (TPSA) is 47.3 Å². The fraction of sp³-hybridized carbons (Fsp3) is 0.647. The zero-order valence-electron chi connectivity index (χ0n) is 13.1. The minimum Gasteiger partial charge on any atom is -0.375 e. The van der Waals surface area contributed by atoms with E-state index in [4.69, 9.17) is 10.6 Å². The molecular formula is C17H28N2O. The minimum absolute atomic E-state index is 0.153. The van der Waals surface area contributed by atoms with Crippen LogP contribution in [0.5, 0.6) is 0 Å². The predicted octanol–water partition coefficient (Wildman–Crippen LogP) is 3.20. The van der Waals surface area contributed by atoms with Crippen LogP contribution in [0.4, 0.5) is 0 Å². The van der Waals surface area contributed by atoms with Crippen LogP contribution >= 0.6 is 0 Å². The molecule has 5 atom stereocenters. The molecule has 20 heavy (non-hydrogen) atoms. The van der Waals surface area contributed by atoms with E-state index in [9.17, 15) is 0 Å². The summed E-state index contributed by atoms with van der Waals surface area (Å²) in [6.45, 7) is 8.77. The Morgan fingerprint density at radius 1 is 1.15 bits per heavy atom. The normalized spacial score (nSPS) is 31.4. The third-order valence-electron chi connectivity index (χ3n) is 4.76. The highest BCUT2D eigenvalue weighted by molar-refractivity contribution is 5.26. The van der Waals surface area contributed by atoms with Gasteiger partial charge in [0.2, 0.25) is 0 Å². The maximum absolute atomic E-state index is 5.96. The molecule has 112 valence electrons. The van der Waals surface area contributed by atoms with Gasteiger partial charge in [-0.1, -0.05) is 44.5 Å². The van der Waals surface area contributed by atoms with Crippen molar-refractivity contribution in [3.05, 3.63) is 35.4 Å². The highest BCUT2D eigenvalue weighted by atomic mass is 16.5. The van der Waals surface area contributed by atoms with Gasteiger partial charge in [0.15, 0.2) is 0 Å². The van der Waals surface area contributed by atoms with Crippen LogP contribution in [0.3, 0.4) is 0 Å². The average molecular weight is 276 g/mol. The van der Waals surface area contributed by atoms with Gasteiger partial charge in [-0.05, 0) is 37.3 Å². The van der Waals surface area contributed by atoms with Crippen molar-refractivity contribution in [2.75, 3.05) is 0 Å². The predicted molar refractivity (Wildman–Crippen MR) is 83.2 cm³/mol. The van der Waals surface area contributed by atoms with Crippen molar-refractivity contribution in [2.45, 2.75) is 58.8 Å². The van der Waals surface area contributed by atoms with Crippen molar-refractivity contribution in [2.24, 2.45) is 17.7 Å². The third kappa shape index (κ3) is 3.05. The van der Waals surface area contributed by atoms with Crippen molar-refractivity contribution in [3.63, 3.8) is 0 Å². The van der Waals surface area contributed by atoms with Gasteiger partial charge in [-0.2, -0.15) is 0 Å². The lowest BCUT2D eigenvalue weighted by molar-refractivity contribution is 0.0475. The van der Waals surface area contributed by atoms with E-state index in [1.165, 1.54) is 17.5 Å². The molecule has 3 nitrogen and oxygen atoms in total. The molecule has 1 fully saturated rings. The van der Waals surface area contributed by atoms with E-state index in [0.29, 0.717) is 17.9 Å². The second kappa shape index (κ2) is 6.70. The second-order valence-electron chi connectivity index (χ2n) is 6.12. The average Bonchev–Trinajstić information content (AvgIpc) is 2.68. The van der Waals surface area contributed by atoms with Crippen LogP contribution in [0.25, 0.3) is 0 Å². The number of hydrogen-bond acceptors (Lipinski definition) is 3. The molecule has 0 amide bonds. The summed E-state index contributed by atoms with van der Waals surface area (Å²) in [7, 11) is 0. The summed E-state index contributed by atoms with van der Waals surface area (Å²) in [6.07, 6.45) is 2.85. The summed E-state index contributed by atoms with van der Waals surface area (Å²) in [6, 6.07) is 9.01. The first-order valence-corrected chi connectivity index (χ1v) is 7.78. The molecule has 0 spiro atoms. The van der Waals surface area contributed by atoms with Crippen molar-refractivity contribution < 1.29 is 4.74 Å². The molecule has 1 aromatic rings. The lowest BCUT2D eigenvalue weighted by Gasteiger charge is -2.29. The minimum atomic E-state index is 0.153. The molecule has 2 rings (SSSR count). The van der Waals surface area contributed by atoms with Crippen LogP contribution in [0.1, 0.15) is 51.3 Å². The van der Waals surface area contributed by atoms with Crippen LogP contribution in [-0.4, -0.2) is 12.2 Å². The second-order valence-corrected chi connectivity index (χ2v) is 6.12. The van der Waals surface area contributed by atoms with Gasteiger partial charge in [0.05, 0.1) is 18.2 Å². The van der Waals surface area contributed by atoms with Gasteiger partial charge in [0.25, 0.3) is 0 Å². The number of rotatable bonds is 5. The lowest BCUT2D eigenvalue weighted by atomic mass is 9.80. The molecular weight excluding hydrogens is 248 g/mol. The summed E-state index contributed by atoms with van der Waals surface area (Å²) in [5, 5.41) is 0. The number of nitrogens with two attached hydrogens (primary N) is 1. The molecule has 1 aliphatic rings. The van der Waals surface area contributed by atoms with Crippen molar-refractivity contribution in [1.82, 2.24) is 5.43 Å². The monoisotopic (exact) mass is 276 g/mol. The van der Waals surface area contributed by atoms with Gasteiger partial charge in [-0.3, -0.25) is 11.3 Å². The van der Waals surface area contributed by atoms with Crippen LogP contribution in [-0.2, 0) is 11.2 Å². The Balaban J connectivity index is 2.19. The van der Waals surface area contributed by atoms with E-state index in [2.05, 4.69) is 57.4 Å². The standard InChI is InChI=1S/C17H28N2O/c1-5-6-14-7-9-15(10-8-14)17(19-18)16-11(2)12(3)20-13(16)4/h7-13,16-17,19H,5-6,18H2,1-4H3. The van der Waals surface area contributed by atoms with Gasteiger partial charge in [-0.15, -0.1) is 0 Å². The molecule has 3 N–H and O–H groups in total. The Kier molecular flexibility index (Phi) is 5.19. The summed E-state index contributed by atoms with van der Waals surface area (Å²) in [5.74, 6) is 6.76. The number of nitrogens with one attached hydrogen (secondary N) is 1. The van der Waals surface area contributed by atoms with Gasteiger partial charge in [-0.25, -0.2) is 0 Å². The first kappa shape index (κ1) is 15.5. The first-order valence-electron chi connectivity index (χ1n) is 7.78. The Morgan fingerprint density at radius 2 is 1.80 bits per heavy atom. The SMILES string of the molecule is CCCc1ccc(C(NN)C2C(C)OC(C)C2C)cc1. The van der Waals surface area contributed by atoms with Crippen LogP contribution < -0.4 is 11.3 Å². The maximum Gasteiger partial charge on any atom is 0.0601 e. The third-order valence-corrected chi connectivity index (χ3v) is 4.76. The highest BCUT2D eigenvalue weighted by Crippen LogP contribution is 2.40. The quantitative estimate of drug-likeness (QED) is 0.641. The molecule has 0 saturated carbocycles. The molecule has 0 aromatic heterocycles. The van der Waals surface area contributed by atoms with Gasteiger partial charge in [0, 0.05) is 5.92 Å². The maximum atomic E-state index is 5.96. The van der Waals surface area contributed by atoms with Crippen molar-refractivity contribution >= 4 is 0 Å². The van der Waals surface area contributed by atoms with Crippen molar-refractivity contribution in [3.8, 4) is 0 Å². The van der Waals surface area contributed by atoms with Crippen LogP contribution in [0, 0.1) is 11.8 Å². The zero-order chi connectivity index (χ0) is 14.7. The smallest absolute Gasteiger partial charge is 0.0601 e. The van der Waals surface area contributed by atoms with Crippen LogP contribution in [0.2, 0.25) is 0 Å². The van der Waals surface area contributed by atoms with E-state index in [1.807, 2.05) is 0 Å². The Morgan fingerprint density at radius 3 is 2.25 bits per heavy atom. The summed E-state index contributed by atoms with van der Waals surface area (Å²) >= 11 is 0. The summed E-state index contributed by atoms with van der Waals surface area (Å²) in [5.41, 5.74) is 5.66. The molecule has 1 heterocycles. The van der Waals surface area contributed by atoms with Crippen molar-refractivity contribution in [1.29, 1.82) is 0 Å². The fourth-order valence-electron chi connectivity index (χ4n) is 3.48. The van der Waals surface area contributed by atoms with Gasteiger partial charge < -0.3 is 4.74 Å². The summed E-state index contributed by atoms with van der Waals surface area (Å²) < 4.78 is 5.96. The van der Waals surface area contributed by atoms with Gasteiger partial charge in [0.1, 0.15) is 0 Å².